The highest BCUT2D eigenvalue weighted by atomic mass is 32.2. The molecule has 0 aliphatic heterocycles. The van der Waals surface area contributed by atoms with Gasteiger partial charge in [-0.15, -0.1) is 0 Å². The monoisotopic (exact) mass is 331 g/mol. The third-order valence-electron chi connectivity index (χ3n) is 3.82. The van der Waals surface area contributed by atoms with Crippen LogP contribution in [0.15, 0.2) is 53.4 Å². The molecule has 5 heteroatoms. The topological polar surface area (TPSA) is 63.2 Å². The van der Waals surface area contributed by atoms with Crippen molar-refractivity contribution in [3.8, 4) is 0 Å². The maximum atomic E-state index is 12.6. The zero-order chi connectivity index (χ0) is 17.0. The first kappa shape index (κ1) is 17.2. The number of nitrogens with one attached hydrogen (secondary N) is 1. The molecule has 0 spiro atoms. The summed E-state index contributed by atoms with van der Waals surface area (Å²) in [6, 6.07) is 14.3. The van der Waals surface area contributed by atoms with E-state index in [1.54, 1.807) is 12.1 Å². The van der Waals surface area contributed by atoms with Crippen LogP contribution >= 0.6 is 0 Å². The highest BCUT2D eigenvalue weighted by Crippen LogP contribution is 2.24. The second-order valence-corrected chi connectivity index (χ2v) is 7.63. The number of amides is 1. The van der Waals surface area contributed by atoms with Gasteiger partial charge in [-0.2, -0.15) is 0 Å². The van der Waals surface area contributed by atoms with Gasteiger partial charge < -0.3 is 5.32 Å². The van der Waals surface area contributed by atoms with E-state index in [1.807, 2.05) is 44.2 Å². The molecule has 0 unspecified atom stereocenters. The van der Waals surface area contributed by atoms with Gasteiger partial charge in [0.25, 0.3) is 0 Å². The van der Waals surface area contributed by atoms with Gasteiger partial charge in [0.15, 0.2) is 9.84 Å². The molecule has 0 heterocycles. The quantitative estimate of drug-likeness (QED) is 0.911. The Bertz CT molecular complexity index is 798. The first-order chi connectivity index (χ1) is 10.8. The van der Waals surface area contributed by atoms with Crippen LogP contribution in [0.3, 0.4) is 0 Å². The average molecular weight is 331 g/mol. The van der Waals surface area contributed by atoms with E-state index in [0.29, 0.717) is 12.1 Å². The van der Waals surface area contributed by atoms with Crippen LogP contribution in [0.2, 0.25) is 0 Å². The smallest absolute Gasteiger partial charge is 0.231 e. The van der Waals surface area contributed by atoms with Crippen molar-refractivity contribution in [1.29, 1.82) is 0 Å². The molecule has 1 atom stereocenters. The van der Waals surface area contributed by atoms with Gasteiger partial charge in [0, 0.05) is 11.9 Å². The van der Waals surface area contributed by atoms with Crippen LogP contribution in [0.4, 0.5) is 5.69 Å². The van der Waals surface area contributed by atoms with Crippen molar-refractivity contribution in [3.05, 3.63) is 59.7 Å². The van der Waals surface area contributed by atoms with Gasteiger partial charge in [-0.3, -0.25) is 4.79 Å². The fourth-order valence-corrected chi connectivity index (χ4v) is 3.09. The van der Waals surface area contributed by atoms with Gasteiger partial charge in [0.05, 0.1) is 10.8 Å². The summed E-state index contributed by atoms with van der Waals surface area (Å²) in [5.41, 5.74) is 2.31. The summed E-state index contributed by atoms with van der Waals surface area (Å²) in [4.78, 5) is 12.8. The highest BCUT2D eigenvalue weighted by molar-refractivity contribution is 7.90. The van der Waals surface area contributed by atoms with E-state index >= 15 is 0 Å². The summed E-state index contributed by atoms with van der Waals surface area (Å²) in [5.74, 6) is -0.398. The van der Waals surface area contributed by atoms with Gasteiger partial charge in [0.1, 0.15) is 0 Å². The molecule has 0 saturated heterocycles. The van der Waals surface area contributed by atoms with E-state index in [-0.39, 0.29) is 16.7 Å². The molecule has 0 radical (unpaired) electrons. The summed E-state index contributed by atoms with van der Waals surface area (Å²) >= 11 is 0. The first-order valence-corrected chi connectivity index (χ1v) is 9.38. The maximum Gasteiger partial charge on any atom is 0.231 e. The lowest BCUT2D eigenvalue weighted by atomic mass is 9.95. The Kier molecular flexibility index (Phi) is 5.21. The summed E-state index contributed by atoms with van der Waals surface area (Å²) in [7, 11) is -3.31. The van der Waals surface area contributed by atoms with E-state index in [2.05, 4.69) is 5.32 Å². The zero-order valence-electron chi connectivity index (χ0n) is 13.5. The molecular weight excluding hydrogens is 310 g/mol. The Morgan fingerprint density at radius 3 is 2.35 bits per heavy atom. The summed E-state index contributed by atoms with van der Waals surface area (Å²) < 4.78 is 23.4. The summed E-state index contributed by atoms with van der Waals surface area (Å²) in [6.45, 7) is 3.79. The van der Waals surface area contributed by atoms with Crippen molar-refractivity contribution < 1.29 is 13.2 Å². The van der Waals surface area contributed by atoms with Crippen LogP contribution in [0, 0.1) is 6.92 Å². The minimum absolute atomic E-state index is 0.132. The molecule has 23 heavy (non-hydrogen) atoms. The van der Waals surface area contributed by atoms with Crippen molar-refractivity contribution >= 4 is 21.4 Å². The molecule has 0 saturated carbocycles. The predicted molar refractivity (Wildman–Crippen MR) is 92.4 cm³/mol. The molecular formula is C18H21NO3S. The Morgan fingerprint density at radius 1 is 1.13 bits per heavy atom. The molecule has 4 nitrogen and oxygen atoms in total. The van der Waals surface area contributed by atoms with Gasteiger partial charge >= 0.3 is 0 Å². The average Bonchev–Trinajstić information content (AvgIpc) is 2.50. The Morgan fingerprint density at radius 2 is 1.78 bits per heavy atom. The first-order valence-electron chi connectivity index (χ1n) is 7.49. The van der Waals surface area contributed by atoms with Gasteiger partial charge in [-0.05, 0) is 36.6 Å². The Labute approximate surface area is 137 Å². The molecule has 0 aliphatic carbocycles. The van der Waals surface area contributed by atoms with Crippen LogP contribution in [0.25, 0.3) is 0 Å². The molecule has 122 valence electrons. The number of anilines is 1. The Balaban J connectivity index is 2.29. The summed E-state index contributed by atoms with van der Waals surface area (Å²) in [6.07, 6.45) is 1.82. The minimum Gasteiger partial charge on any atom is -0.325 e. The van der Waals surface area contributed by atoms with Crippen molar-refractivity contribution in [2.24, 2.45) is 0 Å². The second kappa shape index (κ2) is 6.96. The molecule has 2 rings (SSSR count). The van der Waals surface area contributed by atoms with Crippen LogP contribution in [0.5, 0.6) is 0 Å². The predicted octanol–water partition coefficient (Wildman–Crippen LogP) is 3.53. The molecule has 1 N–H and O–H groups in total. The van der Waals surface area contributed by atoms with Crippen molar-refractivity contribution in [2.75, 3.05) is 11.6 Å². The van der Waals surface area contributed by atoms with E-state index in [9.17, 15) is 13.2 Å². The molecule has 0 bridgehead atoms. The van der Waals surface area contributed by atoms with E-state index in [0.717, 1.165) is 17.4 Å². The lowest BCUT2D eigenvalue weighted by Crippen LogP contribution is -2.21. The van der Waals surface area contributed by atoms with Gasteiger partial charge in [-0.1, -0.05) is 43.3 Å². The molecule has 2 aromatic rings. The number of hydrogen-bond acceptors (Lipinski definition) is 3. The van der Waals surface area contributed by atoms with Gasteiger partial charge in [0.2, 0.25) is 5.91 Å². The lowest BCUT2D eigenvalue weighted by Gasteiger charge is -2.17. The fraction of sp³-hybridized carbons (Fsp3) is 0.278. The summed E-state index contributed by atoms with van der Waals surface area (Å²) in [5, 5.41) is 2.87. The SMILES string of the molecule is CC[C@H](C(=O)Nc1cc(S(C)(=O)=O)ccc1C)c1ccccc1. The van der Waals surface area contributed by atoms with Crippen LogP contribution < -0.4 is 5.32 Å². The van der Waals surface area contributed by atoms with Crippen LogP contribution in [-0.4, -0.2) is 20.6 Å². The Hall–Kier alpha value is -2.14. The lowest BCUT2D eigenvalue weighted by molar-refractivity contribution is -0.117. The van der Waals surface area contributed by atoms with Crippen molar-refractivity contribution in [2.45, 2.75) is 31.1 Å². The second-order valence-electron chi connectivity index (χ2n) is 5.61. The number of benzene rings is 2. The van der Waals surface area contributed by atoms with Crippen LogP contribution in [-0.2, 0) is 14.6 Å². The number of carbonyl (C=O) groups is 1. The van der Waals surface area contributed by atoms with Gasteiger partial charge in [-0.25, -0.2) is 8.42 Å². The molecule has 0 aliphatic rings. The van der Waals surface area contributed by atoms with E-state index in [1.165, 1.54) is 6.07 Å². The minimum atomic E-state index is -3.31. The highest BCUT2D eigenvalue weighted by Gasteiger charge is 2.19. The molecule has 1 amide bonds. The maximum absolute atomic E-state index is 12.6. The van der Waals surface area contributed by atoms with Crippen LogP contribution in [0.1, 0.15) is 30.4 Å². The molecule has 2 aromatic carbocycles. The third kappa shape index (κ3) is 4.20. The third-order valence-corrected chi connectivity index (χ3v) is 4.93. The standard InChI is InChI=1S/C18H21NO3S/c1-4-16(14-8-6-5-7-9-14)18(20)19-17-12-15(23(3,21)22)11-10-13(17)2/h5-12,16H,4H2,1-3H3,(H,19,20)/t16-/m0/s1. The van der Waals surface area contributed by atoms with E-state index < -0.39 is 9.84 Å². The largest absolute Gasteiger partial charge is 0.325 e. The normalized spacial score (nSPS) is 12.7. The zero-order valence-corrected chi connectivity index (χ0v) is 14.4. The number of hydrogen-bond donors (Lipinski definition) is 1. The van der Waals surface area contributed by atoms with Crippen molar-refractivity contribution in [3.63, 3.8) is 0 Å². The van der Waals surface area contributed by atoms with Crippen molar-refractivity contribution in [1.82, 2.24) is 0 Å². The fourth-order valence-electron chi connectivity index (χ4n) is 2.44. The van der Waals surface area contributed by atoms with E-state index in [4.69, 9.17) is 0 Å². The number of carbonyl (C=O) groups excluding carboxylic acids is 1. The number of sulfone groups is 1. The molecule has 0 fully saturated rings. The number of rotatable bonds is 5. The molecule has 0 aromatic heterocycles. The number of aryl methyl sites for hydroxylation is 1.